The molecule has 0 aromatic carbocycles. The highest BCUT2D eigenvalue weighted by atomic mass is 14.8. The summed E-state index contributed by atoms with van der Waals surface area (Å²) in [6.07, 6.45) is 1.69. The highest BCUT2D eigenvalue weighted by Gasteiger charge is 1.97. The van der Waals surface area contributed by atoms with E-state index in [4.69, 9.17) is 5.26 Å². The van der Waals surface area contributed by atoms with E-state index in [1.165, 1.54) is 0 Å². The number of allylic oxidation sites excluding steroid dienone is 3. The third-order valence-corrected chi connectivity index (χ3v) is 1.14. The number of hydrogen-bond donors (Lipinski definition) is 1. The van der Waals surface area contributed by atoms with Crippen molar-refractivity contribution in [1.82, 2.24) is 5.32 Å². The predicted molar refractivity (Wildman–Crippen MR) is 46.7 cm³/mol. The average Bonchev–Trinajstić information content (AvgIpc) is 1.98. The summed E-state index contributed by atoms with van der Waals surface area (Å²) in [5, 5.41) is 11.4. The minimum absolute atomic E-state index is 0.528. The molecule has 58 valence electrons. The van der Waals surface area contributed by atoms with Crippen LogP contribution in [0.1, 0.15) is 6.92 Å². The van der Waals surface area contributed by atoms with Crippen molar-refractivity contribution in [1.29, 1.82) is 5.26 Å². The van der Waals surface area contributed by atoms with Gasteiger partial charge in [-0.05, 0) is 13.0 Å². The van der Waals surface area contributed by atoms with Crippen molar-refractivity contribution < 1.29 is 0 Å². The van der Waals surface area contributed by atoms with Gasteiger partial charge in [0.2, 0.25) is 0 Å². The fraction of sp³-hybridized carbons (Fsp3) is 0.222. The van der Waals surface area contributed by atoms with Gasteiger partial charge in [0, 0.05) is 12.7 Å². The van der Waals surface area contributed by atoms with Crippen molar-refractivity contribution in [2.45, 2.75) is 6.92 Å². The van der Waals surface area contributed by atoms with Gasteiger partial charge in [-0.25, -0.2) is 0 Å². The molecule has 0 atom stereocenters. The van der Waals surface area contributed by atoms with Crippen molar-refractivity contribution in [3.63, 3.8) is 0 Å². The fourth-order valence-electron chi connectivity index (χ4n) is 0.568. The molecule has 0 aliphatic heterocycles. The molecule has 0 unspecified atom stereocenters. The van der Waals surface area contributed by atoms with Crippen LogP contribution in [0.4, 0.5) is 0 Å². The van der Waals surface area contributed by atoms with Gasteiger partial charge < -0.3 is 5.32 Å². The zero-order valence-corrected chi connectivity index (χ0v) is 6.94. The van der Waals surface area contributed by atoms with Crippen molar-refractivity contribution in [3.05, 3.63) is 36.1 Å². The van der Waals surface area contributed by atoms with Crippen LogP contribution in [0.3, 0.4) is 0 Å². The molecule has 1 N–H and O–H groups in total. The van der Waals surface area contributed by atoms with Gasteiger partial charge >= 0.3 is 0 Å². The Labute approximate surface area is 67.5 Å². The van der Waals surface area contributed by atoms with E-state index in [0.717, 1.165) is 5.57 Å². The van der Waals surface area contributed by atoms with Crippen molar-refractivity contribution >= 4 is 0 Å². The largest absolute Gasteiger partial charge is 0.388 e. The van der Waals surface area contributed by atoms with E-state index in [1.54, 1.807) is 13.1 Å². The quantitative estimate of drug-likeness (QED) is 0.489. The molecule has 0 bridgehead atoms. The lowest BCUT2D eigenvalue weighted by atomic mass is 10.1. The van der Waals surface area contributed by atoms with Crippen molar-refractivity contribution in [3.8, 4) is 6.07 Å². The molecule has 0 fully saturated rings. The van der Waals surface area contributed by atoms with Gasteiger partial charge in [0.05, 0.1) is 5.57 Å². The summed E-state index contributed by atoms with van der Waals surface area (Å²) in [6.45, 7) is 9.15. The first-order valence-corrected chi connectivity index (χ1v) is 3.26. The maximum Gasteiger partial charge on any atom is 0.101 e. The van der Waals surface area contributed by atoms with E-state index in [-0.39, 0.29) is 0 Å². The summed E-state index contributed by atoms with van der Waals surface area (Å²) < 4.78 is 0. The number of nitriles is 1. The summed E-state index contributed by atoms with van der Waals surface area (Å²) in [6, 6.07) is 2.02. The highest BCUT2D eigenvalue weighted by Crippen LogP contribution is 2.05. The number of likely N-dealkylation sites (N-methyl/N-ethyl adjacent to an activating group) is 1. The van der Waals surface area contributed by atoms with Gasteiger partial charge in [-0.3, -0.25) is 0 Å². The van der Waals surface area contributed by atoms with Crippen LogP contribution in [0.5, 0.6) is 0 Å². The molecule has 0 radical (unpaired) electrons. The number of rotatable bonds is 3. The van der Waals surface area contributed by atoms with Crippen molar-refractivity contribution in [2.24, 2.45) is 0 Å². The third kappa shape index (κ3) is 3.27. The third-order valence-electron chi connectivity index (χ3n) is 1.14. The van der Waals surface area contributed by atoms with Gasteiger partial charge in [-0.2, -0.15) is 5.26 Å². The molecule has 0 heterocycles. The number of nitrogens with zero attached hydrogens (tertiary/aromatic N) is 1. The zero-order valence-electron chi connectivity index (χ0n) is 6.94. The van der Waals surface area contributed by atoms with E-state index in [2.05, 4.69) is 18.5 Å². The van der Waals surface area contributed by atoms with Crippen LogP contribution < -0.4 is 5.32 Å². The Morgan fingerprint density at radius 3 is 2.36 bits per heavy atom. The molecular formula is C9H12N2. The van der Waals surface area contributed by atoms with E-state index < -0.39 is 0 Å². The Kier molecular flexibility index (Phi) is 3.76. The minimum Gasteiger partial charge on any atom is -0.388 e. The number of nitrogens with one attached hydrogen (secondary N) is 1. The molecule has 0 aromatic heterocycles. The Balaban J connectivity index is 4.57. The molecule has 0 aliphatic rings. The lowest BCUT2D eigenvalue weighted by Gasteiger charge is -2.00. The van der Waals surface area contributed by atoms with Crippen LogP contribution in [0, 0.1) is 11.3 Å². The molecule has 0 saturated heterocycles. The Morgan fingerprint density at radius 2 is 2.09 bits per heavy atom. The average molecular weight is 148 g/mol. The summed E-state index contributed by atoms with van der Waals surface area (Å²) in [5.41, 5.74) is 1.99. The first-order valence-electron chi connectivity index (χ1n) is 3.26. The van der Waals surface area contributed by atoms with E-state index in [9.17, 15) is 0 Å². The van der Waals surface area contributed by atoms with Gasteiger partial charge in [-0.15, -0.1) is 0 Å². The van der Waals surface area contributed by atoms with Gasteiger partial charge in [0.15, 0.2) is 0 Å². The summed E-state index contributed by atoms with van der Waals surface area (Å²) in [4.78, 5) is 0. The Bertz CT molecular complexity index is 241. The van der Waals surface area contributed by atoms with Gasteiger partial charge in [0.1, 0.15) is 6.07 Å². The van der Waals surface area contributed by atoms with Crippen molar-refractivity contribution in [2.75, 3.05) is 7.05 Å². The molecule has 2 heteroatoms. The maximum atomic E-state index is 8.62. The molecule has 0 spiro atoms. The lowest BCUT2D eigenvalue weighted by Crippen LogP contribution is -2.05. The SMILES string of the molecule is C=C(C)/C=C(/C#N)C(=C)NC. The molecular weight excluding hydrogens is 136 g/mol. The minimum atomic E-state index is 0.528. The normalized spacial score (nSPS) is 10.1. The van der Waals surface area contributed by atoms with Crippen LogP contribution in [-0.4, -0.2) is 7.05 Å². The first-order chi connectivity index (χ1) is 5.11. The van der Waals surface area contributed by atoms with E-state index in [0.29, 0.717) is 11.3 Å². The molecule has 2 nitrogen and oxygen atoms in total. The molecule has 0 aromatic rings. The van der Waals surface area contributed by atoms with E-state index in [1.807, 2.05) is 13.0 Å². The molecule has 0 rings (SSSR count). The highest BCUT2D eigenvalue weighted by molar-refractivity contribution is 5.42. The monoisotopic (exact) mass is 148 g/mol. The molecule has 0 aliphatic carbocycles. The lowest BCUT2D eigenvalue weighted by molar-refractivity contribution is 1.02. The Hall–Kier alpha value is -1.49. The zero-order chi connectivity index (χ0) is 8.85. The predicted octanol–water partition coefficient (Wildman–Crippen LogP) is 1.75. The van der Waals surface area contributed by atoms with Crippen LogP contribution >= 0.6 is 0 Å². The smallest absolute Gasteiger partial charge is 0.101 e. The second-order valence-electron chi connectivity index (χ2n) is 2.24. The van der Waals surface area contributed by atoms with E-state index >= 15 is 0 Å². The summed E-state index contributed by atoms with van der Waals surface area (Å²) in [7, 11) is 1.73. The second kappa shape index (κ2) is 4.35. The van der Waals surface area contributed by atoms with Gasteiger partial charge in [-0.1, -0.05) is 18.7 Å². The second-order valence-corrected chi connectivity index (χ2v) is 2.24. The van der Waals surface area contributed by atoms with Crippen LogP contribution in [0.25, 0.3) is 0 Å². The molecule has 0 saturated carbocycles. The fourth-order valence-corrected chi connectivity index (χ4v) is 0.568. The molecule has 0 amide bonds. The maximum absolute atomic E-state index is 8.62. The first kappa shape index (κ1) is 9.51. The van der Waals surface area contributed by atoms with Gasteiger partial charge in [0.25, 0.3) is 0 Å². The topological polar surface area (TPSA) is 35.8 Å². The van der Waals surface area contributed by atoms with Crippen LogP contribution in [0.2, 0.25) is 0 Å². The number of hydrogen-bond acceptors (Lipinski definition) is 2. The summed E-state index contributed by atoms with van der Waals surface area (Å²) >= 11 is 0. The van der Waals surface area contributed by atoms with Crippen LogP contribution in [0.15, 0.2) is 36.1 Å². The van der Waals surface area contributed by atoms with Crippen LogP contribution in [-0.2, 0) is 0 Å². The standard InChI is InChI=1S/C9H12N2/c1-7(2)5-9(6-10)8(3)11-4/h5,11H,1,3H2,2,4H3/b9-5-. The summed E-state index contributed by atoms with van der Waals surface area (Å²) in [5.74, 6) is 0. The molecule has 11 heavy (non-hydrogen) atoms. The Morgan fingerprint density at radius 1 is 1.55 bits per heavy atom.